The number of nitrogens with zero attached hydrogens (tertiary/aromatic N) is 1. The molecule has 1 fully saturated rings. The number of piperidine rings is 1. The molecule has 3 N–H and O–H groups in total. The van der Waals surface area contributed by atoms with Crippen LogP contribution < -0.4 is 11.1 Å². The fraction of sp³-hybridized carbons (Fsp3) is 0.471. The van der Waals surface area contributed by atoms with Crippen LogP contribution in [0.3, 0.4) is 0 Å². The summed E-state index contributed by atoms with van der Waals surface area (Å²) in [5, 5.41) is 2.62. The molecule has 2 amide bonds. The molecule has 1 heterocycles. The first-order valence-corrected chi connectivity index (χ1v) is 7.80. The van der Waals surface area contributed by atoms with Crippen molar-refractivity contribution in [1.29, 1.82) is 0 Å². The topological polar surface area (TPSA) is 58.4 Å². The van der Waals surface area contributed by atoms with Gasteiger partial charge in [0, 0.05) is 18.2 Å². The molecule has 1 atom stereocenters. The summed E-state index contributed by atoms with van der Waals surface area (Å²) in [5.74, 6) is 5.88. The van der Waals surface area contributed by atoms with E-state index in [9.17, 15) is 18.0 Å². The van der Waals surface area contributed by atoms with Gasteiger partial charge in [0.15, 0.2) is 0 Å². The minimum absolute atomic E-state index is 0.188. The van der Waals surface area contributed by atoms with Gasteiger partial charge in [-0.3, -0.25) is 4.90 Å². The molecule has 2 rings (SSSR count). The number of urea groups is 1. The standard InChI is InChI=1S/C17H20F3N3O/c18-17(19,20)14-8-6-13(7-9-14)4-3-11-23-10-2-1-5-15(23)12-22-16(21)24/h6-9,15H,1-2,5,10-12H2,(H3,21,22,24). The van der Waals surface area contributed by atoms with Gasteiger partial charge >= 0.3 is 12.2 Å². The van der Waals surface area contributed by atoms with Crippen molar-refractivity contribution < 1.29 is 18.0 Å². The van der Waals surface area contributed by atoms with E-state index in [1.807, 2.05) is 0 Å². The van der Waals surface area contributed by atoms with Crippen LogP contribution in [0.1, 0.15) is 30.4 Å². The molecule has 1 aliphatic rings. The highest BCUT2D eigenvalue weighted by Crippen LogP contribution is 2.28. The number of halogens is 3. The predicted molar refractivity (Wildman–Crippen MR) is 85.1 cm³/mol. The Balaban J connectivity index is 1.94. The zero-order valence-electron chi connectivity index (χ0n) is 13.2. The van der Waals surface area contributed by atoms with Crippen LogP contribution in [-0.2, 0) is 6.18 Å². The summed E-state index contributed by atoms with van der Waals surface area (Å²) in [6, 6.07) is 4.45. The fourth-order valence-corrected chi connectivity index (χ4v) is 2.70. The van der Waals surface area contributed by atoms with Gasteiger partial charge in [-0.2, -0.15) is 13.2 Å². The van der Waals surface area contributed by atoms with Gasteiger partial charge in [0.1, 0.15) is 0 Å². The summed E-state index contributed by atoms with van der Waals surface area (Å²) < 4.78 is 37.5. The molecule has 0 bridgehead atoms. The number of nitrogens with two attached hydrogens (primary N) is 1. The van der Waals surface area contributed by atoms with Crippen LogP contribution in [0, 0.1) is 11.8 Å². The summed E-state index contributed by atoms with van der Waals surface area (Å²) in [4.78, 5) is 13.0. The number of hydrogen-bond acceptors (Lipinski definition) is 2. The second-order valence-corrected chi connectivity index (χ2v) is 5.74. The number of nitrogens with one attached hydrogen (secondary N) is 1. The van der Waals surface area contributed by atoms with E-state index in [1.54, 1.807) is 0 Å². The van der Waals surface area contributed by atoms with E-state index < -0.39 is 17.8 Å². The van der Waals surface area contributed by atoms with E-state index in [0.717, 1.165) is 37.9 Å². The molecule has 0 saturated carbocycles. The van der Waals surface area contributed by atoms with Crippen LogP contribution >= 0.6 is 0 Å². The molecule has 4 nitrogen and oxygen atoms in total. The van der Waals surface area contributed by atoms with E-state index in [-0.39, 0.29) is 6.04 Å². The molecule has 24 heavy (non-hydrogen) atoms. The Morgan fingerprint density at radius 3 is 2.62 bits per heavy atom. The molecule has 0 aromatic heterocycles. The van der Waals surface area contributed by atoms with E-state index in [4.69, 9.17) is 5.73 Å². The van der Waals surface area contributed by atoms with Gasteiger partial charge in [-0.15, -0.1) is 0 Å². The minimum Gasteiger partial charge on any atom is -0.352 e. The van der Waals surface area contributed by atoms with Crippen LogP contribution in [0.4, 0.5) is 18.0 Å². The van der Waals surface area contributed by atoms with E-state index >= 15 is 0 Å². The summed E-state index contributed by atoms with van der Waals surface area (Å²) >= 11 is 0. The molecule has 1 aromatic carbocycles. The molecule has 1 aromatic rings. The van der Waals surface area contributed by atoms with Gasteiger partial charge < -0.3 is 11.1 Å². The SMILES string of the molecule is NC(=O)NCC1CCCCN1CC#Cc1ccc(C(F)(F)F)cc1. The fourth-order valence-electron chi connectivity index (χ4n) is 2.70. The molecule has 1 saturated heterocycles. The van der Waals surface area contributed by atoms with Crippen molar-refractivity contribution in [2.75, 3.05) is 19.6 Å². The molecule has 0 radical (unpaired) electrons. The number of primary amides is 1. The molecule has 1 unspecified atom stereocenters. The van der Waals surface area contributed by atoms with Gasteiger partial charge in [0.05, 0.1) is 12.1 Å². The molecular weight excluding hydrogens is 319 g/mol. The highest BCUT2D eigenvalue weighted by atomic mass is 19.4. The summed E-state index contributed by atoms with van der Waals surface area (Å²) in [7, 11) is 0. The lowest BCUT2D eigenvalue weighted by Crippen LogP contribution is -2.47. The summed E-state index contributed by atoms with van der Waals surface area (Å²) in [6.45, 7) is 1.87. The third-order valence-electron chi connectivity index (χ3n) is 3.99. The van der Waals surface area contributed by atoms with Gasteiger partial charge in [-0.1, -0.05) is 18.3 Å². The largest absolute Gasteiger partial charge is 0.416 e. The highest BCUT2D eigenvalue weighted by Gasteiger charge is 2.29. The smallest absolute Gasteiger partial charge is 0.352 e. The van der Waals surface area contributed by atoms with Crippen molar-refractivity contribution in [3.8, 4) is 11.8 Å². The van der Waals surface area contributed by atoms with E-state index in [0.29, 0.717) is 18.7 Å². The van der Waals surface area contributed by atoms with E-state index in [1.165, 1.54) is 12.1 Å². The Kier molecular flexibility index (Phi) is 6.10. The first kappa shape index (κ1) is 18.1. The lowest BCUT2D eigenvalue weighted by atomic mass is 10.0. The van der Waals surface area contributed by atoms with Gasteiger partial charge in [0.25, 0.3) is 0 Å². The third kappa shape index (κ3) is 5.46. The average molecular weight is 339 g/mol. The number of alkyl halides is 3. The van der Waals surface area contributed by atoms with Crippen molar-refractivity contribution in [3.63, 3.8) is 0 Å². The Morgan fingerprint density at radius 1 is 1.29 bits per heavy atom. The monoisotopic (exact) mass is 339 g/mol. The van der Waals surface area contributed by atoms with Gasteiger partial charge in [-0.25, -0.2) is 4.79 Å². The quantitative estimate of drug-likeness (QED) is 0.832. The molecule has 1 aliphatic heterocycles. The summed E-state index contributed by atoms with van der Waals surface area (Å²) in [5.41, 5.74) is 4.97. The maximum atomic E-state index is 12.5. The Hall–Kier alpha value is -2.20. The van der Waals surface area contributed by atoms with E-state index in [2.05, 4.69) is 22.1 Å². The number of amides is 2. The Labute approximate surface area is 139 Å². The number of benzene rings is 1. The highest BCUT2D eigenvalue weighted by molar-refractivity contribution is 5.71. The molecule has 7 heteroatoms. The Morgan fingerprint density at radius 2 is 2.00 bits per heavy atom. The van der Waals surface area contributed by atoms with Crippen molar-refractivity contribution in [2.24, 2.45) is 5.73 Å². The second-order valence-electron chi connectivity index (χ2n) is 5.74. The van der Waals surface area contributed by atoms with Crippen molar-refractivity contribution in [3.05, 3.63) is 35.4 Å². The second kappa shape index (κ2) is 8.06. The predicted octanol–water partition coefficient (Wildman–Crippen LogP) is 2.58. The average Bonchev–Trinajstić information content (AvgIpc) is 2.53. The number of hydrogen-bond donors (Lipinski definition) is 2. The molecule has 130 valence electrons. The first-order chi connectivity index (χ1) is 11.4. The molecule has 0 aliphatic carbocycles. The number of carbonyl (C=O) groups is 1. The minimum atomic E-state index is -4.33. The van der Waals surface area contributed by atoms with Crippen molar-refractivity contribution in [1.82, 2.24) is 10.2 Å². The number of rotatable bonds is 3. The van der Waals surface area contributed by atoms with Crippen LogP contribution in [0.2, 0.25) is 0 Å². The molecular formula is C17H20F3N3O. The first-order valence-electron chi connectivity index (χ1n) is 7.80. The normalized spacial score (nSPS) is 18.5. The van der Waals surface area contributed by atoms with Crippen LogP contribution in [0.15, 0.2) is 24.3 Å². The van der Waals surface area contributed by atoms with Crippen LogP contribution in [-0.4, -0.2) is 36.6 Å². The molecule has 0 spiro atoms. The zero-order chi connectivity index (χ0) is 17.6. The lowest BCUT2D eigenvalue weighted by molar-refractivity contribution is -0.137. The third-order valence-corrected chi connectivity index (χ3v) is 3.99. The van der Waals surface area contributed by atoms with Gasteiger partial charge in [-0.05, 0) is 43.7 Å². The van der Waals surface area contributed by atoms with Crippen LogP contribution in [0.5, 0.6) is 0 Å². The lowest BCUT2D eigenvalue weighted by Gasteiger charge is -2.34. The number of carbonyl (C=O) groups excluding carboxylic acids is 1. The van der Waals surface area contributed by atoms with Crippen molar-refractivity contribution >= 4 is 6.03 Å². The number of likely N-dealkylation sites (tertiary alicyclic amines) is 1. The van der Waals surface area contributed by atoms with Crippen molar-refractivity contribution in [2.45, 2.75) is 31.5 Å². The van der Waals surface area contributed by atoms with Crippen LogP contribution in [0.25, 0.3) is 0 Å². The maximum Gasteiger partial charge on any atom is 0.416 e. The maximum absolute atomic E-state index is 12.5. The van der Waals surface area contributed by atoms with Gasteiger partial charge in [0.2, 0.25) is 0 Å². The Bertz CT molecular complexity index is 617. The zero-order valence-corrected chi connectivity index (χ0v) is 13.2. The summed E-state index contributed by atoms with van der Waals surface area (Å²) in [6.07, 6.45) is -1.22.